The van der Waals surface area contributed by atoms with Gasteiger partial charge in [-0.1, -0.05) is 49.9 Å². The van der Waals surface area contributed by atoms with Gasteiger partial charge in [-0.05, 0) is 41.7 Å². The number of carbonyl (C=O) groups excluding carboxylic acids is 3. The lowest BCUT2D eigenvalue weighted by Crippen LogP contribution is -2.26. The Hall–Kier alpha value is -2.67. The molecule has 5 nitrogen and oxygen atoms in total. The molecular weight excluding hydrogens is 379 g/mol. The predicted octanol–water partition coefficient (Wildman–Crippen LogP) is 3.77. The molecule has 0 saturated carbocycles. The van der Waals surface area contributed by atoms with E-state index in [0.717, 1.165) is 22.9 Å². The van der Waals surface area contributed by atoms with E-state index in [1.54, 1.807) is 30.3 Å². The number of hydrogen-bond donors (Lipinski definition) is 2. The molecule has 0 aromatic heterocycles. The number of benzene rings is 2. The molecule has 146 valence electrons. The van der Waals surface area contributed by atoms with Crippen molar-refractivity contribution in [1.82, 2.24) is 10.6 Å². The van der Waals surface area contributed by atoms with Crippen LogP contribution in [0.1, 0.15) is 46.8 Å². The second kappa shape index (κ2) is 8.56. The van der Waals surface area contributed by atoms with E-state index in [9.17, 15) is 18.8 Å². The van der Waals surface area contributed by atoms with Gasteiger partial charge in [-0.15, -0.1) is 0 Å². The van der Waals surface area contributed by atoms with E-state index in [2.05, 4.69) is 10.6 Å². The number of thioether (sulfide) groups is 1. The number of amides is 3. The summed E-state index contributed by atoms with van der Waals surface area (Å²) in [6, 6.07) is 11.6. The molecule has 1 aliphatic heterocycles. The molecule has 3 rings (SSSR count). The topological polar surface area (TPSA) is 75.3 Å². The number of imide groups is 1. The normalized spacial score (nSPS) is 16.4. The van der Waals surface area contributed by atoms with E-state index >= 15 is 0 Å². The van der Waals surface area contributed by atoms with Crippen LogP contribution in [0, 0.1) is 5.82 Å². The maximum Gasteiger partial charge on any atom is 0.286 e. The number of rotatable bonds is 6. The third-order valence-corrected chi connectivity index (χ3v) is 5.58. The van der Waals surface area contributed by atoms with Gasteiger partial charge in [0.2, 0.25) is 5.91 Å². The third kappa shape index (κ3) is 4.59. The minimum atomic E-state index is -0.498. The SMILES string of the molecule is CC(C)c1ccc(C(=O)NCc2ccccc2F)cc1CC1SC(=O)NC1=O. The minimum absolute atomic E-state index is 0.0855. The highest BCUT2D eigenvalue weighted by atomic mass is 32.2. The van der Waals surface area contributed by atoms with Crippen molar-refractivity contribution in [2.75, 3.05) is 0 Å². The molecule has 1 unspecified atom stereocenters. The van der Waals surface area contributed by atoms with Crippen molar-refractivity contribution in [3.63, 3.8) is 0 Å². The van der Waals surface area contributed by atoms with Crippen LogP contribution in [0.15, 0.2) is 42.5 Å². The molecule has 28 heavy (non-hydrogen) atoms. The highest BCUT2D eigenvalue weighted by molar-refractivity contribution is 8.15. The molecule has 0 aliphatic carbocycles. The first-order valence-corrected chi connectivity index (χ1v) is 9.89. The Kier molecular flexibility index (Phi) is 6.14. The summed E-state index contributed by atoms with van der Waals surface area (Å²) >= 11 is 0.971. The second-order valence-corrected chi connectivity index (χ2v) is 8.11. The van der Waals surface area contributed by atoms with Gasteiger partial charge < -0.3 is 5.32 Å². The third-order valence-electron chi connectivity index (χ3n) is 4.60. The molecule has 3 amide bonds. The maximum atomic E-state index is 13.7. The maximum absolute atomic E-state index is 13.7. The van der Waals surface area contributed by atoms with Gasteiger partial charge in [-0.25, -0.2) is 4.39 Å². The van der Waals surface area contributed by atoms with E-state index in [-0.39, 0.29) is 35.3 Å². The first-order valence-electron chi connectivity index (χ1n) is 9.01. The molecular formula is C21H21FN2O3S. The Morgan fingerprint density at radius 1 is 1.18 bits per heavy atom. The Morgan fingerprint density at radius 3 is 2.57 bits per heavy atom. The molecule has 0 bridgehead atoms. The fraction of sp³-hybridized carbons (Fsp3) is 0.286. The monoisotopic (exact) mass is 400 g/mol. The summed E-state index contributed by atoms with van der Waals surface area (Å²) in [6.45, 7) is 4.15. The lowest BCUT2D eigenvalue weighted by Gasteiger charge is -2.16. The molecule has 2 aromatic carbocycles. The summed E-state index contributed by atoms with van der Waals surface area (Å²) < 4.78 is 13.7. The van der Waals surface area contributed by atoms with Crippen LogP contribution in [0.4, 0.5) is 9.18 Å². The van der Waals surface area contributed by atoms with Crippen LogP contribution >= 0.6 is 11.8 Å². The predicted molar refractivity (Wildman–Crippen MR) is 107 cm³/mol. The Bertz CT molecular complexity index is 930. The van der Waals surface area contributed by atoms with Crippen LogP contribution in [0.5, 0.6) is 0 Å². The van der Waals surface area contributed by atoms with Crippen LogP contribution < -0.4 is 10.6 Å². The number of halogens is 1. The van der Waals surface area contributed by atoms with Gasteiger partial charge >= 0.3 is 0 Å². The Balaban J connectivity index is 1.78. The Morgan fingerprint density at radius 2 is 1.93 bits per heavy atom. The first-order chi connectivity index (χ1) is 13.3. The van der Waals surface area contributed by atoms with Crippen LogP contribution in [-0.2, 0) is 17.8 Å². The fourth-order valence-electron chi connectivity index (χ4n) is 3.13. The van der Waals surface area contributed by atoms with Crippen molar-refractivity contribution >= 4 is 28.8 Å². The largest absolute Gasteiger partial charge is 0.348 e. The van der Waals surface area contributed by atoms with Crippen LogP contribution in [0.3, 0.4) is 0 Å². The highest BCUT2D eigenvalue weighted by Crippen LogP contribution is 2.28. The van der Waals surface area contributed by atoms with Crippen molar-refractivity contribution in [1.29, 1.82) is 0 Å². The summed E-state index contributed by atoms with van der Waals surface area (Å²) in [5.74, 6) is -0.790. The summed E-state index contributed by atoms with van der Waals surface area (Å²) in [5.41, 5.74) is 2.73. The molecule has 0 spiro atoms. The van der Waals surface area contributed by atoms with E-state index in [1.165, 1.54) is 6.07 Å². The van der Waals surface area contributed by atoms with Crippen molar-refractivity contribution in [2.45, 2.75) is 38.0 Å². The highest BCUT2D eigenvalue weighted by Gasteiger charge is 2.32. The van der Waals surface area contributed by atoms with Crippen LogP contribution in [0.25, 0.3) is 0 Å². The van der Waals surface area contributed by atoms with Gasteiger partial charge in [0, 0.05) is 17.7 Å². The van der Waals surface area contributed by atoms with Crippen LogP contribution in [-0.4, -0.2) is 22.3 Å². The molecule has 1 atom stereocenters. The van der Waals surface area contributed by atoms with Gasteiger partial charge in [0.1, 0.15) is 5.82 Å². The van der Waals surface area contributed by atoms with Gasteiger partial charge in [0.25, 0.3) is 11.1 Å². The lowest BCUT2D eigenvalue weighted by molar-refractivity contribution is -0.118. The first kappa shape index (κ1) is 20.1. The molecule has 1 heterocycles. The minimum Gasteiger partial charge on any atom is -0.348 e. The Labute approximate surface area is 167 Å². The molecule has 1 saturated heterocycles. The van der Waals surface area contributed by atoms with Gasteiger partial charge in [0.15, 0.2) is 0 Å². The molecule has 2 N–H and O–H groups in total. The van der Waals surface area contributed by atoms with Crippen molar-refractivity contribution in [2.24, 2.45) is 0 Å². The van der Waals surface area contributed by atoms with E-state index < -0.39 is 5.25 Å². The smallest absolute Gasteiger partial charge is 0.286 e. The number of nitrogens with one attached hydrogen (secondary N) is 2. The molecule has 2 aromatic rings. The zero-order chi connectivity index (χ0) is 20.3. The standard InChI is InChI=1S/C21H21FN2O3S/c1-12(2)16-8-7-13(9-15(16)10-18-20(26)24-21(27)28-18)19(25)23-11-14-5-3-4-6-17(14)22/h3-9,12,18H,10-11H2,1-2H3,(H,23,25)(H,24,26,27). The van der Waals surface area contributed by atoms with E-state index in [0.29, 0.717) is 17.5 Å². The quantitative estimate of drug-likeness (QED) is 0.774. The molecule has 7 heteroatoms. The molecule has 1 fully saturated rings. The molecule has 1 aliphatic rings. The van der Waals surface area contributed by atoms with Crippen molar-refractivity contribution in [3.05, 3.63) is 70.5 Å². The summed E-state index contributed by atoms with van der Waals surface area (Å²) in [4.78, 5) is 35.9. The zero-order valence-corrected chi connectivity index (χ0v) is 16.4. The van der Waals surface area contributed by atoms with E-state index in [4.69, 9.17) is 0 Å². The summed E-state index contributed by atoms with van der Waals surface area (Å²) in [7, 11) is 0. The zero-order valence-electron chi connectivity index (χ0n) is 15.6. The summed E-state index contributed by atoms with van der Waals surface area (Å²) in [6.07, 6.45) is 0.365. The van der Waals surface area contributed by atoms with Crippen molar-refractivity contribution < 1.29 is 18.8 Å². The summed E-state index contributed by atoms with van der Waals surface area (Å²) in [5, 5.41) is 4.17. The molecule has 0 radical (unpaired) electrons. The second-order valence-electron chi connectivity index (χ2n) is 6.93. The average molecular weight is 400 g/mol. The van der Waals surface area contributed by atoms with E-state index in [1.807, 2.05) is 19.9 Å². The van der Waals surface area contributed by atoms with Crippen LogP contribution in [0.2, 0.25) is 0 Å². The van der Waals surface area contributed by atoms with Crippen molar-refractivity contribution in [3.8, 4) is 0 Å². The fourth-order valence-corrected chi connectivity index (χ4v) is 3.98. The van der Waals surface area contributed by atoms with Gasteiger partial charge in [0.05, 0.1) is 5.25 Å². The van der Waals surface area contributed by atoms with Gasteiger partial charge in [-0.2, -0.15) is 0 Å². The lowest BCUT2D eigenvalue weighted by atomic mass is 9.92. The average Bonchev–Trinajstić information content (AvgIpc) is 2.97. The van der Waals surface area contributed by atoms with Gasteiger partial charge in [-0.3, -0.25) is 19.7 Å². The number of hydrogen-bond acceptors (Lipinski definition) is 4. The number of carbonyl (C=O) groups is 3.